The number of hydrogen-bond acceptors (Lipinski definition) is 13. The highest BCUT2D eigenvalue weighted by atomic mass is 32.2. The normalized spacial score (nSPS) is 11.3. The SMILES string of the molecule is COc1cc(/C(CSc2nnc(-c3cc(OC)c(OC)c(OC)c3)s2)=N/OC(=O)/C=C/c2ccccc2)cc(OC)c1OC. The van der Waals surface area contributed by atoms with Crippen LogP contribution in [0.3, 0.4) is 0 Å². The van der Waals surface area contributed by atoms with E-state index in [0.29, 0.717) is 55.1 Å². The fourth-order valence-electron chi connectivity index (χ4n) is 3.99. The number of benzene rings is 3. The fraction of sp³-hybridized carbons (Fsp3) is 0.226. The Bertz CT molecular complexity index is 1590. The second kappa shape index (κ2) is 15.6. The van der Waals surface area contributed by atoms with Crippen LogP contribution in [0.4, 0.5) is 0 Å². The number of carbonyl (C=O) groups excluding carboxylic acids is 1. The molecule has 1 aromatic heterocycles. The van der Waals surface area contributed by atoms with Crippen molar-refractivity contribution in [2.24, 2.45) is 5.16 Å². The molecule has 0 saturated carbocycles. The summed E-state index contributed by atoms with van der Waals surface area (Å²) in [5, 5.41) is 13.6. The molecule has 3 aromatic carbocycles. The fourth-order valence-corrected chi connectivity index (χ4v) is 5.78. The first-order valence-corrected chi connectivity index (χ1v) is 14.8. The van der Waals surface area contributed by atoms with E-state index in [1.807, 2.05) is 42.5 Å². The third kappa shape index (κ3) is 7.79. The number of thioether (sulfide) groups is 1. The smallest absolute Gasteiger partial charge is 0.358 e. The van der Waals surface area contributed by atoms with Gasteiger partial charge in [-0.25, -0.2) is 4.79 Å². The molecule has 44 heavy (non-hydrogen) atoms. The lowest BCUT2D eigenvalue weighted by Crippen LogP contribution is -2.09. The van der Waals surface area contributed by atoms with Crippen LogP contribution in [0.15, 0.2) is 70.2 Å². The lowest BCUT2D eigenvalue weighted by Gasteiger charge is -2.14. The van der Waals surface area contributed by atoms with E-state index in [4.69, 9.17) is 33.3 Å². The second-order valence-corrected chi connectivity index (χ2v) is 10.9. The van der Waals surface area contributed by atoms with Crippen LogP contribution in [0.2, 0.25) is 0 Å². The van der Waals surface area contributed by atoms with Crippen LogP contribution >= 0.6 is 23.1 Å². The number of hydrogen-bond donors (Lipinski definition) is 0. The summed E-state index contributed by atoms with van der Waals surface area (Å²) in [5.41, 5.74) is 2.64. The third-order valence-electron chi connectivity index (χ3n) is 6.11. The molecule has 0 radical (unpaired) electrons. The monoisotopic (exact) mass is 637 g/mol. The van der Waals surface area contributed by atoms with Gasteiger partial charge in [0, 0.05) is 23.0 Å². The predicted octanol–water partition coefficient (Wildman–Crippen LogP) is 6.01. The van der Waals surface area contributed by atoms with E-state index in [9.17, 15) is 4.79 Å². The van der Waals surface area contributed by atoms with Gasteiger partial charge in [0.1, 0.15) is 5.01 Å². The van der Waals surface area contributed by atoms with Crippen LogP contribution in [0, 0.1) is 0 Å². The van der Waals surface area contributed by atoms with Crippen LogP contribution in [0.25, 0.3) is 16.6 Å². The molecule has 4 aromatic rings. The van der Waals surface area contributed by atoms with Gasteiger partial charge in [0.25, 0.3) is 0 Å². The van der Waals surface area contributed by atoms with E-state index >= 15 is 0 Å². The lowest BCUT2D eigenvalue weighted by atomic mass is 10.1. The summed E-state index contributed by atoms with van der Waals surface area (Å²) in [4.78, 5) is 17.8. The van der Waals surface area contributed by atoms with E-state index < -0.39 is 5.97 Å². The molecule has 0 aliphatic heterocycles. The first kappa shape index (κ1) is 32.2. The minimum atomic E-state index is -0.635. The minimum absolute atomic E-state index is 0.276. The molecule has 0 bridgehead atoms. The average molecular weight is 638 g/mol. The molecule has 0 unspecified atom stereocenters. The molecular formula is C31H31N3O8S2. The highest BCUT2D eigenvalue weighted by molar-refractivity contribution is 8.01. The first-order valence-electron chi connectivity index (χ1n) is 13.0. The molecule has 0 aliphatic carbocycles. The Labute approximate surface area is 263 Å². The topological polar surface area (TPSA) is 120 Å². The molecule has 230 valence electrons. The zero-order valence-corrected chi connectivity index (χ0v) is 26.6. The third-order valence-corrected chi connectivity index (χ3v) is 8.22. The highest BCUT2D eigenvalue weighted by Crippen LogP contribution is 2.43. The minimum Gasteiger partial charge on any atom is -0.493 e. The van der Waals surface area contributed by atoms with Gasteiger partial charge in [-0.3, -0.25) is 0 Å². The van der Waals surface area contributed by atoms with Crippen LogP contribution < -0.4 is 28.4 Å². The van der Waals surface area contributed by atoms with E-state index in [0.717, 1.165) is 11.1 Å². The molecule has 0 atom stereocenters. The average Bonchev–Trinajstić information content (AvgIpc) is 3.55. The number of nitrogens with zero attached hydrogens (tertiary/aromatic N) is 3. The predicted molar refractivity (Wildman–Crippen MR) is 170 cm³/mol. The Hall–Kier alpha value is -4.75. The van der Waals surface area contributed by atoms with Gasteiger partial charge in [0.05, 0.1) is 48.4 Å². The molecule has 11 nitrogen and oxygen atoms in total. The molecular weight excluding hydrogens is 606 g/mol. The van der Waals surface area contributed by atoms with Crippen LogP contribution in [-0.2, 0) is 9.63 Å². The van der Waals surface area contributed by atoms with E-state index in [2.05, 4.69) is 15.4 Å². The van der Waals surface area contributed by atoms with Gasteiger partial charge in [-0.15, -0.1) is 10.2 Å². The zero-order chi connectivity index (χ0) is 31.5. The van der Waals surface area contributed by atoms with Gasteiger partial charge >= 0.3 is 5.97 Å². The zero-order valence-electron chi connectivity index (χ0n) is 25.0. The van der Waals surface area contributed by atoms with Crippen molar-refractivity contribution in [3.8, 4) is 45.1 Å². The van der Waals surface area contributed by atoms with Crippen molar-refractivity contribution in [3.63, 3.8) is 0 Å². The van der Waals surface area contributed by atoms with Gasteiger partial charge in [0.2, 0.25) is 11.5 Å². The van der Waals surface area contributed by atoms with Crippen molar-refractivity contribution in [3.05, 3.63) is 71.8 Å². The Morgan fingerprint density at radius 2 is 1.36 bits per heavy atom. The molecule has 0 spiro atoms. The highest BCUT2D eigenvalue weighted by Gasteiger charge is 2.20. The van der Waals surface area contributed by atoms with Crippen molar-refractivity contribution in [1.29, 1.82) is 0 Å². The maximum atomic E-state index is 12.5. The Balaban J connectivity index is 1.61. The van der Waals surface area contributed by atoms with E-state index in [-0.39, 0.29) is 5.75 Å². The summed E-state index contributed by atoms with van der Waals surface area (Å²) in [5.74, 6) is 2.41. The number of rotatable bonds is 14. The first-order chi connectivity index (χ1) is 21.4. The largest absolute Gasteiger partial charge is 0.493 e. The summed E-state index contributed by atoms with van der Waals surface area (Å²) in [7, 11) is 9.21. The van der Waals surface area contributed by atoms with Crippen LogP contribution in [-0.4, -0.2) is 70.3 Å². The Morgan fingerprint density at radius 3 is 1.91 bits per heavy atom. The van der Waals surface area contributed by atoms with Crippen LogP contribution in [0.1, 0.15) is 11.1 Å². The van der Waals surface area contributed by atoms with Gasteiger partial charge in [0.15, 0.2) is 27.3 Å². The number of methoxy groups -OCH3 is 6. The van der Waals surface area contributed by atoms with Crippen LogP contribution in [0.5, 0.6) is 34.5 Å². The Kier molecular flexibility index (Phi) is 11.4. The maximum Gasteiger partial charge on any atom is 0.358 e. The second-order valence-electron chi connectivity index (χ2n) is 8.68. The molecule has 13 heteroatoms. The molecule has 0 fully saturated rings. The summed E-state index contributed by atoms with van der Waals surface area (Å²) < 4.78 is 33.5. The summed E-state index contributed by atoms with van der Waals surface area (Å²) in [6.45, 7) is 0. The van der Waals surface area contributed by atoms with Gasteiger partial charge in [-0.2, -0.15) is 0 Å². The summed E-state index contributed by atoms with van der Waals surface area (Å²) >= 11 is 2.74. The number of aromatic nitrogens is 2. The molecule has 4 rings (SSSR count). The van der Waals surface area contributed by atoms with Crippen molar-refractivity contribution < 1.29 is 38.1 Å². The van der Waals surface area contributed by atoms with E-state index in [1.54, 1.807) is 39.5 Å². The number of carbonyl (C=O) groups is 1. The Morgan fingerprint density at radius 1 is 0.795 bits per heavy atom. The van der Waals surface area contributed by atoms with Gasteiger partial charge in [-0.1, -0.05) is 58.6 Å². The molecule has 0 amide bonds. The molecule has 1 heterocycles. The lowest BCUT2D eigenvalue weighted by molar-refractivity contribution is -0.137. The van der Waals surface area contributed by atoms with Crippen molar-refractivity contribution in [1.82, 2.24) is 10.2 Å². The molecule has 0 N–H and O–H groups in total. The van der Waals surface area contributed by atoms with Gasteiger partial charge < -0.3 is 33.3 Å². The van der Waals surface area contributed by atoms with Crippen molar-refractivity contribution in [2.45, 2.75) is 4.34 Å². The number of oxime groups is 1. The summed E-state index contributed by atoms with van der Waals surface area (Å²) in [6.07, 6.45) is 2.96. The van der Waals surface area contributed by atoms with E-state index in [1.165, 1.54) is 50.5 Å². The summed E-state index contributed by atoms with van der Waals surface area (Å²) in [6, 6.07) is 16.5. The van der Waals surface area contributed by atoms with Crippen molar-refractivity contribution in [2.75, 3.05) is 48.4 Å². The quantitative estimate of drug-likeness (QED) is 0.0532. The van der Waals surface area contributed by atoms with Crippen molar-refractivity contribution >= 4 is 40.9 Å². The maximum absolute atomic E-state index is 12.5. The molecule has 0 aliphatic rings. The van der Waals surface area contributed by atoms with Gasteiger partial charge in [-0.05, 0) is 35.9 Å². The molecule has 0 saturated heterocycles. The number of ether oxygens (including phenoxy) is 6. The standard InChI is InChI=1S/C31H31N3O8S2/c1-36-23-14-20(15-24(37-2)28(23)40-5)22(34-42-27(35)13-12-19-10-8-7-9-11-19)18-43-31-33-32-30(44-31)21-16-25(38-3)29(41-6)26(17-21)39-4/h7-17H,18H2,1-6H3/b13-12+,34-22+.